The average Bonchev–Trinajstić information content (AvgIpc) is 2.73. The summed E-state index contributed by atoms with van der Waals surface area (Å²) in [5.74, 6) is 2.45. The van der Waals surface area contributed by atoms with Crippen molar-refractivity contribution >= 4 is 11.8 Å². The Balaban J connectivity index is 1.81. The van der Waals surface area contributed by atoms with Crippen molar-refractivity contribution in [3.05, 3.63) is 70.9 Å². The van der Waals surface area contributed by atoms with Gasteiger partial charge in [-0.3, -0.25) is 0 Å². The summed E-state index contributed by atoms with van der Waals surface area (Å²) in [7, 11) is 1.62. The molecule has 5 nitrogen and oxygen atoms in total. The number of nitrogens with zero attached hydrogens (tertiary/aromatic N) is 3. The molecule has 0 aliphatic heterocycles. The number of thioether (sulfide) groups is 1. The third-order valence-electron chi connectivity index (χ3n) is 4.06. The molecule has 0 radical (unpaired) electrons. The van der Waals surface area contributed by atoms with E-state index in [0.29, 0.717) is 33.9 Å². The number of nitriles is 1. The molecule has 0 bridgehead atoms. The monoisotopic (exact) mass is 391 g/mol. The maximum atomic E-state index is 9.04. The normalized spacial score (nSPS) is 10.4. The first kappa shape index (κ1) is 19.7. The van der Waals surface area contributed by atoms with Crippen molar-refractivity contribution in [1.29, 1.82) is 5.26 Å². The fourth-order valence-corrected chi connectivity index (χ4v) is 3.41. The van der Waals surface area contributed by atoms with Gasteiger partial charge in [-0.25, -0.2) is 4.98 Å². The van der Waals surface area contributed by atoms with E-state index in [-0.39, 0.29) is 0 Å². The van der Waals surface area contributed by atoms with Crippen molar-refractivity contribution < 1.29 is 9.47 Å². The van der Waals surface area contributed by atoms with Crippen molar-refractivity contribution in [3.8, 4) is 23.4 Å². The lowest BCUT2D eigenvalue weighted by Gasteiger charge is -2.12. The van der Waals surface area contributed by atoms with Crippen LogP contribution in [-0.2, 0) is 12.2 Å². The molecule has 142 valence electrons. The van der Waals surface area contributed by atoms with Crippen LogP contribution in [0.3, 0.4) is 0 Å². The van der Waals surface area contributed by atoms with Crippen LogP contribution in [0, 0.1) is 18.3 Å². The van der Waals surface area contributed by atoms with Crippen LogP contribution in [0.25, 0.3) is 0 Å². The van der Waals surface area contributed by atoms with Crippen LogP contribution in [0.4, 0.5) is 0 Å². The first-order valence-electron chi connectivity index (χ1n) is 8.93. The van der Waals surface area contributed by atoms with E-state index in [4.69, 9.17) is 14.7 Å². The van der Waals surface area contributed by atoms with Gasteiger partial charge in [-0.2, -0.15) is 10.2 Å². The van der Waals surface area contributed by atoms with Crippen molar-refractivity contribution in [3.63, 3.8) is 0 Å². The van der Waals surface area contributed by atoms with Crippen LogP contribution in [-0.4, -0.2) is 17.1 Å². The Morgan fingerprint density at radius 2 is 1.93 bits per heavy atom. The zero-order valence-corrected chi connectivity index (χ0v) is 16.9. The number of benzene rings is 2. The molecule has 0 saturated carbocycles. The number of ether oxygens (including phenoxy) is 2. The quantitative estimate of drug-likeness (QED) is 0.401. The van der Waals surface area contributed by atoms with Gasteiger partial charge >= 0.3 is 0 Å². The van der Waals surface area contributed by atoms with E-state index in [1.54, 1.807) is 13.2 Å². The Morgan fingerprint density at radius 1 is 1.07 bits per heavy atom. The van der Waals surface area contributed by atoms with E-state index in [0.717, 1.165) is 23.2 Å². The Bertz CT molecular complexity index is 1010. The van der Waals surface area contributed by atoms with Crippen molar-refractivity contribution in [1.82, 2.24) is 9.97 Å². The molecule has 0 fully saturated rings. The SMILES string of the molecule is CCc1cc(Oc2ccc(C)cc2OC)nc(SCc2cccc(C#N)c2)n1. The van der Waals surface area contributed by atoms with Crippen molar-refractivity contribution in [2.75, 3.05) is 7.11 Å². The molecule has 2 aromatic carbocycles. The lowest BCUT2D eigenvalue weighted by Crippen LogP contribution is -1.98. The third-order valence-corrected chi connectivity index (χ3v) is 4.97. The topological polar surface area (TPSA) is 68.0 Å². The molecule has 1 heterocycles. The molecule has 0 amide bonds. The van der Waals surface area contributed by atoms with E-state index in [2.05, 4.69) is 16.0 Å². The summed E-state index contributed by atoms with van der Waals surface area (Å²) < 4.78 is 11.4. The number of hydrogen-bond acceptors (Lipinski definition) is 6. The average molecular weight is 391 g/mol. The highest BCUT2D eigenvalue weighted by Crippen LogP contribution is 2.32. The maximum Gasteiger partial charge on any atom is 0.223 e. The van der Waals surface area contributed by atoms with Crippen LogP contribution in [0.5, 0.6) is 17.4 Å². The summed E-state index contributed by atoms with van der Waals surface area (Å²) in [6.07, 6.45) is 0.779. The number of aromatic nitrogens is 2. The minimum absolute atomic E-state index is 0.488. The summed E-state index contributed by atoms with van der Waals surface area (Å²) in [4.78, 5) is 9.12. The molecule has 0 unspecified atom stereocenters. The predicted molar refractivity (Wildman–Crippen MR) is 110 cm³/mol. The van der Waals surface area contributed by atoms with E-state index < -0.39 is 0 Å². The first-order chi connectivity index (χ1) is 13.6. The molecule has 0 N–H and O–H groups in total. The second kappa shape index (κ2) is 9.25. The second-order valence-electron chi connectivity index (χ2n) is 6.19. The summed E-state index contributed by atoms with van der Waals surface area (Å²) in [6, 6.07) is 17.3. The van der Waals surface area contributed by atoms with Gasteiger partial charge in [0.05, 0.1) is 18.7 Å². The summed E-state index contributed by atoms with van der Waals surface area (Å²) >= 11 is 1.52. The van der Waals surface area contributed by atoms with E-state index in [1.807, 2.05) is 56.3 Å². The minimum atomic E-state index is 0.488. The zero-order chi connectivity index (χ0) is 19.9. The molecule has 0 aliphatic carbocycles. The summed E-state index contributed by atoms with van der Waals surface area (Å²) in [5, 5.41) is 9.69. The molecule has 0 saturated heterocycles. The third kappa shape index (κ3) is 5.02. The molecule has 28 heavy (non-hydrogen) atoms. The molecule has 3 aromatic rings. The molecule has 0 aliphatic rings. The Morgan fingerprint density at radius 3 is 2.68 bits per heavy atom. The molecule has 0 spiro atoms. The highest BCUT2D eigenvalue weighted by atomic mass is 32.2. The largest absolute Gasteiger partial charge is 0.493 e. The highest BCUT2D eigenvalue weighted by Gasteiger charge is 2.11. The summed E-state index contributed by atoms with van der Waals surface area (Å²) in [6.45, 7) is 4.05. The zero-order valence-electron chi connectivity index (χ0n) is 16.1. The molecule has 1 aromatic heterocycles. The number of hydrogen-bond donors (Lipinski definition) is 0. The Kier molecular flexibility index (Phi) is 6.51. The van der Waals surface area contributed by atoms with E-state index >= 15 is 0 Å². The number of methoxy groups -OCH3 is 1. The van der Waals surface area contributed by atoms with Crippen LogP contribution >= 0.6 is 11.8 Å². The van der Waals surface area contributed by atoms with Crippen molar-refractivity contribution in [2.45, 2.75) is 31.2 Å². The summed E-state index contributed by atoms with van der Waals surface area (Å²) in [5.41, 5.74) is 3.70. The number of aryl methyl sites for hydroxylation is 2. The lowest BCUT2D eigenvalue weighted by atomic mass is 10.2. The first-order valence-corrected chi connectivity index (χ1v) is 9.92. The lowest BCUT2D eigenvalue weighted by molar-refractivity contribution is 0.372. The molecular formula is C22H21N3O2S. The van der Waals surface area contributed by atoms with Gasteiger partial charge in [-0.15, -0.1) is 0 Å². The van der Waals surface area contributed by atoms with Gasteiger partial charge in [0.15, 0.2) is 16.7 Å². The highest BCUT2D eigenvalue weighted by molar-refractivity contribution is 7.98. The van der Waals surface area contributed by atoms with E-state index in [9.17, 15) is 0 Å². The molecule has 0 atom stereocenters. The van der Waals surface area contributed by atoms with Gasteiger partial charge in [-0.1, -0.05) is 36.9 Å². The predicted octanol–water partition coefficient (Wildman–Crippen LogP) is 5.31. The second-order valence-corrected chi connectivity index (χ2v) is 7.13. The van der Waals surface area contributed by atoms with E-state index in [1.165, 1.54) is 11.8 Å². The van der Waals surface area contributed by atoms with Gasteiger partial charge < -0.3 is 9.47 Å². The van der Waals surface area contributed by atoms with Gasteiger partial charge in [0.25, 0.3) is 0 Å². The van der Waals surface area contributed by atoms with Gasteiger partial charge in [-0.05, 0) is 48.7 Å². The molecule has 6 heteroatoms. The number of rotatable bonds is 7. The maximum absolute atomic E-state index is 9.04. The minimum Gasteiger partial charge on any atom is -0.493 e. The van der Waals surface area contributed by atoms with Crippen LogP contribution < -0.4 is 9.47 Å². The fraction of sp³-hybridized carbons (Fsp3) is 0.227. The standard InChI is InChI=1S/C22H21N3O2S/c1-4-18-12-21(27-19-9-8-15(2)10-20(19)26-3)25-22(24-18)28-14-17-7-5-6-16(11-17)13-23/h5-12H,4,14H2,1-3H3. The van der Waals surface area contributed by atoms with Gasteiger partial charge in [0.2, 0.25) is 5.88 Å². The smallest absolute Gasteiger partial charge is 0.223 e. The Hall–Kier alpha value is -3.04. The fourth-order valence-electron chi connectivity index (χ4n) is 2.60. The van der Waals surface area contributed by atoms with Gasteiger partial charge in [0, 0.05) is 17.5 Å². The van der Waals surface area contributed by atoms with Crippen molar-refractivity contribution in [2.24, 2.45) is 0 Å². The van der Waals surface area contributed by atoms with Crippen LogP contribution in [0.1, 0.15) is 29.3 Å². The van der Waals surface area contributed by atoms with Crippen LogP contribution in [0.15, 0.2) is 53.7 Å². The van der Waals surface area contributed by atoms with Gasteiger partial charge in [0.1, 0.15) is 0 Å². The molecule has 3 rings (SSSR count). The molecular weight excluding hydrogens is 370 g/mol. The van der Waals surface area contributed by atoms with Crippen LogP contribution in [0.2, 0.25) is 0 Å². The Labute approximate surface area is 169 Å².